The summed E-state index contributed by atoms with van der Waals surface area (Å²) in [6, 6.07) is 8.89. The average molecular weight is 563 g/mol. The van der Waals surface area contributed by atoms with E-state index in [0.29, 0.717) is 11.3 Å². The van der Waals surface area contributed by atoms with Gasteiger partial charge in [0.05, 0.1) is 10.1 Å². The van der Waals surface area contributed by atoms with Gasteiger partial charge < -0.3 is 4.74 Å². The average Bonchev–Trinajstić information content (AvgIpc) is 2.90. The van der Waals surface area contributed by atoms with E-state index in [-0.39, 0.29) is 0 Å². The van der Waals surface area contributed by atoms with E-state index in [1.54, 1.807) is 24.3 Å². The van der Waals surface area contributed by atoms with Gasteiger partial charge in [0.25, 0.3) is 0 Å². The lowest BCUT2D eigenvalue weighted by atomic mass is 9.83. The van der Waals surface area contributed by atoms with Crippen molar-refractivity contribution in [2.24, 2.45) is 0 Å². The summed E-state index contributed by atoms with van der Waals surface area (Å²) < 4.78 is 34.7. The topological polar surface area (TPSA) is 43.4 Å². The molecule has 0 aromatic heterocycles. The summed E-state index contributed by atoms with van der Waals surface area (Å²) >= 11 is 0. The molecule has 0 saturated carbocycles. The predicted octanol–water partition coefficient (Wildman–Crippen LogP) is 9.66. The first-order valence-electron chi connectivity index (χ1n) is 14.8. The molecule has 0 amide bonds. The fourth-order valence-corrected chi connectivity index (χ4v) is 7.60. The third-order valence-electron chi connectivity index (χ3n) is 8.70. The second-order valence-electron chi connectivity index (χ2n) is 12.4. The molecule has 4 heteroatoms. The summed E-state index contributed by atoms with van der Waals surface area (Å²) in [6.45, 7) is 19.3. The van der Waals surface area contributed by atoms with Crippen molar-refractivity contribution in [2.75, 3.05) is 0 Å². The number of rotatable bonds is 11. The molecule has 0 bridgehead atoms. The number of hydrogen-bond acceptors (Lipinski definition) is 3. The maximum absolute atomic E-state index is 14.0. The van der Waals surface area contributed by atoms with Crippen LogP contribution in [0.15, 0.2) is 70.2 Å². The Labute approximate surface area is 244 Å². The highest BCUT2D eigenvalue weighted by Crippen LogP contribution is 2.43. The zero-order valence-electron chi connectivity index (χ0n) is 26.3. The van der Waals surface area contributed by atoms with Gasteiger partial charge in [0, 0.05) is 6.42 Å². The summed E-state index contributed by atoms with van der Waals surface area (Å²) in [6.07, 6.45) is 12.6. The molecule has 3 nitrogen and oxygen atoms in total. The fraction of sp³-hybridized carbons (Fsp3) is 0.500. The molecule has 2 atom stereocenters. The van der Waals surface area contributed by atoms with Crippen molar-refractivity contribution in [2.45, 2.75) is 123 Å². The second-order valence-corrected chi connectivity index (χ2v) is 14.5. The van der Waals surface area contributed by atoms with Crippen LogP contribution in [0.3, 0.4) is 0 Å². The molecule has 2 aromatic rings. The van der Waals surface area contributed by atoms with E-state index in [2.05, 4.69) is 74.5 Å². The van der Waals surface area contributed by atoms with Crippen molar-refractivity contribution in [1.82, 2.24) is 0 Å². The molecule has 40 heavy (non-hydrogen) atoms. The summed E-state index contributed by atoms with van der Waals surface area (Å²) in [5.41, 5.74) is 9.61. The van der Waals surface area contributed by atoms with E-state index in [1.165, 1.54) is 39.0 Å². The number of fused-ring (bicyclic) bond motifs is 1. The van der Waals surface area contributed by atoms with Crippen molar-refractivity contribution in [3.8, 4) is 5.75 Å². The van der Waals surface area contributed by atoms with Gasteiger partial charge in [-0.05, 0) is 141 Å². The van der Waals surface area contributed by atoms with E-state index < -0.39 is 20.7 Å². The second kappa shape index (κ2) is 13.4. The van der Waals surface area contributed by atoms with Crippen LogP contribution < -0.4 is 4.74 Å². The lowest BCUT2D eigenvalue weighted by Crippen LogP contribution is -2.42. The van der Waals surface area contributed by atoms with Crippen molar-refractivity contribution in [3.05, 3.63) is 93.1 Å². The van der Waals surface area contributed by atoms with Crippen LogP contribution in [0.4, 0.5) is 0 Å². The molecule has 0 aliphatic carbocycles. The molecule has 1 unspecified atom stereocenters. The SMILES string of the molecule is CC(C)=CCC/C(C)=C/CC/C(C)=C/C(C[C@@]1(C)CCc2c(C)c(C)c(C)c(C)c2O1)S(=O)(=O)c1ccccc1. The maximum atomic E-state index is 14.0. The minimum Gasteiger partial charge on any atom is -0.487 e. The molecule has 3 rings (SSSR count). The third-order valence-corrected chi connectivity index (χ3v) is 10.7. The highest BCUT2D eigenvalue weighted by Gasteiger charge is 2.39. The summed E-state index contributed by atoms with van der Waals surface area (Å²) in [4.78, 5) is 0.373. The monoisotopic (exact) mass is 562 g/mol. The molecule has 0 radical (unpaired) electrons. The van der Waals surface area contributed by atoms with Crippen molar-refractivity contribution < 1.29 is 13.2 Å². The van der Waals surface area contributed by atoms with E-state index in [4.69, 9.17) is 4.74 Å². The molecular weight excluding hydrogens is 512 g/mol. The van der Waals surface area contributed by atoms with Gasteiger partial charge in [-0.2, -0.15) is 0 Å². The summed E-state index contributed by atoms with van der Waals surface area (Å²) in [5, 5.41) is -0.655. The Morgan fingerprint density at radius 3 is 2.12 bits per heavy atom. The van der Waals surface area contributed by atoms with E-state index in [0.717, 1.165) is 49.8 Å². The zero-order valence-corrected chi connectivity index (χ0v) is 27.1. The summed E-state index contributed by atoms with van der Waals surface area (Å²) in [5.74, 6) is 0.958. The molecule has 1 aliphatic heterocycles. The van der Waals surface area contributed by atoms with Crippen molar-refractivity contribution in [3.63, 3.8) is 0 Å². The van der Waals surface area contributed by atoms with Gasteiger partial charge in [-0.1, -0.05) is 53.1 Å². The first kappa shape index (κ1) is 31.9. The molecule has 0 N–H and O–H groups in total. The minimum atomic E-state index is -3.58. The van der Waals surface area contributed by atoms with Crippen LogP contribution in [-0.2, 0) is 16.3 Å². The Kier molecular flexibility index (Phi) is 10.7. The van der Waals surface area contributed by atoms with Crippen LogP contribution >= 0.6 is 0 Å². The van der Waals surface area contributed by atoms with Crippen LogP contribution in [0, 0.1) is 27.7 Å². The van der Waals surface area contributed by atoms with Gasteiger partial charge in [-0.3, -0.25) is 0 Å². The zero-order chi connectivity index (χ0) is 29.7. The van der Waals surface area contributed by atoms with Gasteiger partial charge in [0.15, 0.2) is 9.84 Å². The maximum Gasteiger partial charge on any atom is 0.184 e. The number of benzene rings is 2. The van der Waals surface area contributed by atoms with Crippen LogP contribution in [0.5, 0.6) is 5.75 Å². The van der Waals surface area contributed by atoms with Crippen molar-refractivity contribution in [1.29, 1.82) is 0 Å². The van der Waals surface area contributed by atoms with Crippen LogP contribution in [0.25, 0.3) is 0 Å². The van der Waals surface area contributed by atoms with Gasteiger partial charge in [0.2, 0.25) is 0 Å². The molecule has 218 valence electrons. The van der Waals surface area contributed by atoms with E-state index >= 15 is 0 Å². The standard InChI is InChI=1S/C36H50O3S/c1-25(2)15-13-16-26(3)17-14-18-27(4)23-33(40(37,38)32-19-11-10-12-20-32)24-36(9)22-21-34-30(7)28(5)29(6)31(8)35(34)39-36/h10-12,15,17,19-20,23,33H,13-14,16,18,21-22,24H2,1-9H3/b26-17+,27-23+/t33?,36-/m1/s1. The summed E-state index contributed by atoms with van der Waals surface area (Å²) in [7, 11) is -3.58. The molecule has 1 heterocycles. The van der Waals surface area contributed by atoms with Crippen molar-refractivity contribution >= 4 is 9.84 Å². The predicted molar refractivity (Wildman–Crippen MR) is 170 cm³/mol. The number of allylic oxidation sites excluding steroid dienone is 5. The Morgan fingerprint density at radius 1 is 0.875 bits per heavy atom. The van der Waals surface area contributed by atoms with E-state index in [9.17, 15) is 8.42 Å². The Hall–Kier alpha value is -2.59. The number of sulfone groups is 1. The minimum absolute atomic E-state index is 0.373. The quantitative estimate of drug-likeness (QED) is 0.256. The fourth-order valence-electron chi connectivity index (χ4n) is 5.73. The van der Waals surface area contributed by atoms with Gasteiger partial charge in [-0.25, -0.2) is 8.42 Å². The van der Waals surface area contributed by atoms with E-state index in [1.807, 2.05) is 12.1 Å². The largest absolute Gasteiger partial charge is 0.487 e. The number of hydrogen-bond donors (Lipinski definition) is 0. The highest BCUT2D eigenvalue weighted by molar-refractivity contribution is 7.92. The van der Waals surface area contributed by atoms with Gasteiger partial charge in [0.1, 0.15) is 11.4 Å². The normalized spacial score (nSPS) is 18.6. The Balaban J connectivity index is 1.87. The van der Waals surface area contributed by atoms with Gasteiger partial charge >= 0.3 is 0 Å². The first-order valence-corrected chi connectivity index (χ1v) is 16.3. The number of ether oxygens (including phenoxy) is 1. The molecule has 0 spiro atoms. The third kappa shape index (κ3) is 7.78. The van der Waals surface area contributed by atoms with Crippen LogP contribution in [-0.4, -0.2) is 19.3 Å². The smallest absolute Gasteiger partial charge is 0.184 e. The highest BCUT2D eigenvalue weighted by atomic mass is 32.2. The van der Waals surface area contributed by atoms with Crippen LogP contribution in [0.2, 0.25) is 0 Å². The van der Waals surface area contributed by atoms with Crippen LogP contribution in [0.1, 0.15) is 101 Å². The Bertz CT molecular complexity index is 1390. The lowest BCUT2D eigenvalue weighted by Gasteiger charge is -2.39. The Morgan fingerprint density at radius 2 is 1.48 bits per heavy atom. The molecule has 0 fully saturated rings. The molecule has 0 saturated heterocycles. The van der Waals surface area contributed by atoms with Gasteiger partial charge in [-0.15, -0.1) is 0 Å². The lowest BCUT2D eigenvalue weighted by molar-refractivity contribution is 0.0566. The molecule has 2 aromatic carbocycles. The first-order chi connectivity index (χ1) is 18.7. The molecular formula is C36H50O3S. The molecule has 1 aliphatic rings.